The van der Waals surface area contributed by atoms with Crippen molar-refractivity contribution < 1.29 is 28.8 Å². The number of rotatable bonds is 11. The Hall–Kier alpha value is -5.55. The highest BCUT2D eigenvalue weighted by Gasteiger charge is 2.43. The molecule has 0 unspecified atom stereocenters. The second kappa shape index (κ2) is 14.1. The predicted octanol–water partition coefficient (Wildman–Crippen LogP) is 5.34. The Morgan fingerprint density at radius 2 is 1.40 bits per heavy atom. The normalized spacial score (nSPS) is 17.6. The lowest BCUT2D eigenvalue weighted by atomic mass is 9.80. The molecule has 1 fully saturated rings. The number of aliphatic hydroxyl groups excluding tert-OH is 1. The number of methoxy groups -OCH3 is 2. The maximum absolute atomic E-state index is 13.1. The molecule has 1 saturated heterocycles. The van der Waals surface area contributed by atoms with Gasteiger partial charge in [0.2, 0.25) is 0 Å². The van der Waals surface area contributed by atoms with Gasteiger partial charge < -0.3 is 29.4 Å². The summed E-state index contributed by atoms with van der Waals surface area (Å²) in [4.78, 5) is 29.7. The second-order valence-electron chi connectivity index (χ2n) is 11.2. The molecule has 3 atom stereocenters. The largest absolute Gasteiger partial charge is 0.497 e. The summed E-state index contributed by atoms with van der Waals surface area (Å²) in [6, 6.07) is 35.1. The lowest BCUT2D eigenvalue weighted by Crippen LogP contribution is -2.38. The van der Waals surface area contributed by atoms with E-state index in [2.05, 4.69) is 16.9 Å². The van der Waals surface area contributed by atoms with Gasteiger partial charge in [0, 0.05) is 17.3 Å². The number of hydrogen-bond acceptors (Lipinski definition) is 8. The standard InChI is InChI=1S/C38H35N3O7/c1-25-34(42)32(48-36(25)41-23-22-33(40-37(41)44)39-35(43)26-10-6-4-7-11-26)24-47-38(27-12-8-5-9-13-27,28-14-18-30(45-2)19-15-28)29-16-20-31(46-3)21-17-29/h4-23,32,34,36,42H,1,24H2,2-3H3,(H,39,40,43,44)/t32-,34+,36-/m1/s1. The molecule has 6 rings (SSSR count). The zero-order valence-electron chi connectivity index (χ0n) is 26.5. The molecule has 1 amide bonds. The number of nitrogens with one attached hydrogen (secondary N) is 1. The fourth-order valence-corrected chi connectivity index (χ4v) is 5.81. The van der Waals surface area contributed by atoms with Crippen molar-refractivity contribution in [1.82, 2.24) is 9.55 Å². The van der Waals surface area contributed by atoms with Crippen LogP contribution in [0.15, 0.2) is 138 Å². The average molecular weight is 646 g/mol. The molecule has 2 heterocycles. The first kappa shape index (κ1) is 32.4. The summed E-state index contributed by atoms with van der Waals surface area (Å²) in [5.41, 5.74) is 1.35. The molecule has 48 heavy (non-hydrogen) atoms. The van der Waals surface area contributed by atoms with E-state index in [1.165, 1.54) is 16.8 Å². The fraction of sp³-hybridized carbons (Fsp3) is 0.184. The Bertz CT molecular complexity index is 1880. The van der Waals surface area contributed by atoms with E-state index in [0.717, 1.165) is 16.7 Å². The van der Waals surface area contributed by atoms with Crippen molar-refractivity contribution in [2.45, 2.75) is 24.0 Å². The number of anilines is 1. The van der Waals surface area contributed by atoms with E-state index in [-0.39, 0.29) is 18.0 Å². The predicted molar refractivity (Wildman–Crippen MR) is 180 cm³/mol. The van der Waals surface area contributed by atoms with Crippen molar-refractivity contribution in [1.29, 1.82) is 0 Å². The summed E-state index contributed by atoms with van der Waals surface area (Å²) in [5, 5.41) is 13.9. The Morgan fingerprint density at radius 3 is 1.94 bits per heavy atom. The topological polar surface area (TPSA) is 121 Å². The van der Waals surface area contributed by atoms with Gasteiger partial charge in [0.05, 0.1) is 20.8 Å². The lowest BCUT2D eigenvalue weighted by molar-refractivity contribution is -0.0941. The Morgan fingerprint density at radius 1 is 0.854 bits per heavy atom. The fourth-order valence-electron chi connectivity index (χ4n) is 5.81. The third kappa shape index (κ3) is 6.37. The van der Waals surface area contributed by atoms with Gasteiger partial charge in [-0.05, 0) is 59.2 Å². The molecule has 244 valence electrons. The number of benzene rings is 4. The number of carbonyl (C=O) groups is 1. The molecule has 2 N–H and O–H groups in total. The van der Waals surface area contributed by atoms with E-state index >= 15 is 0 Å². The van der Waals surface area contributed by atoms with Crippen LogP contribution < -0.4 is 20.5 Å². The van der Waals surface area contributed by atoms with Crippen LogP contribution in [-0.2, 0) is 15.1 Å². The first-order chi connectivity index (χ1) is 23.3. The number of aliphatic hydroxyl groups is 1. The summed E-state index contributed by atoms with van der Waals surface area (Å²) in [5.74, 6) is 1.06. The first-order valence-corrected chi connectivity index (χ1v) is 15.3. The molecule has 5 aromatic rings. The van der Waals surface area contributed by atoms with Gasteiger partial charge in [0.15, 0.2) is 6.23 Å². The summed E-state index contributed by atoms with van der Waals surface area (Å²) < 4.78 is 25.2. The number of hydrogen-bond donors (Lipinski definition) is 2. The van der Waals surface area contributed by atoms with Crippen LogP contribution in [0.25, 0.3) is 0 Å². The van der Waals surface area contributed by atoms with E-state index in [1.54, 1.807) is 44.6 Å². The SMILES string of the molecule is C=C1[C@H](n2ccc(NC(=O)c3ccccc3)nc2=O)O[C@H](COC(c2ccccc2)(c2ccc(OC)cc2)c2ccc(OC)cc2)[C@H]1O. The van der Waals surface area contributed by atoms with Crippen LogP contribution in [0.4, 0.5) is 5.82 Å². The van der Waals surface area contributed by atoms with Crippen molar-refractivity contribution in [2.75, 3.05) is 26.1 Å². The van der Waals surface area contributed by atoms with E-state index in [1.807, 2.05) is 78.9 Å². The molecule has 0 aliphatic carbocycles. The number of amides is 1. The van der Waals surface area contributed by atoms with E-state index < -0.39 is 35.6 Å². The Labute approximate surface area is 277 Å². The van der Waals surface area contributed by atoms with Crippen LogP contribution in [-0.4, -0.2) is 53.6 Å². The Kier molecular flexibility index (Phi) is 9.49. The second-order valence-corrected chi connectivity index (χ2v) is 11.2. The third-order valence-corrected chi connectivity index (χ3v) is 8.35. The van der Waals surface area contributed by atoms with Gasteiger partial charge in [-0.15, -0.1) is 0 Å². The quantitative estimate of drug-likeness (QED) is 0.146. The van der Waals surface area contributed by atoms with E-state index in [9.17, 15) is 14.7 Å². The molecule has 1 aliphatic rings. The van der Waals surface area contributed by atoms with E-state index in [4.69, 9.17) is 18.9 Å². The average Bonchev–Trinajstić information content (AvgIpc) is 3.42. The van der Waals surface area contributed by atoms with Crippen LogP contribution in [0.2, 0.25) is 0 Å². The summed E-state index contributed by atoms with van der Waals surface area (Å²) in [6.07, 6.45) is -1.60. The van der Waals surface area contributed by atoms with Crippen LogP contribution in [0.3, 0.4) is 0 Å². The summed E-state index contributed by atoms with van der Waals surface area (Å²) in [6.45, 7) is 3.96. The van der Waals surface area contributed by atoms with Gasteiger partial charge in [-0.2, -0.15) is 4.98 Å². The minimum Gasteiger partial charge on any atom is -0.497 e. The molecular formula is C38H35N3O7. The van der Waals surface area contributed by atoms with Gasteiger partial charge in [-0.3, -0.25) is 9.36 Å². The van der Waals surface area contributed by atoms with E-state index in [0.29, 0.717) is 17.1 Å². The minimum atomic E-state index is -1.15. The molecule has 10 nitrogen and oxygen atoms in total. The highest BCUT2D eigenvalue weighted by atomic mass is 16.6. The van der Waals surface area contributed by atoms with Crippen molar-refractivity contribution >= 4 is 11.7 Å². The molecule has 1 aliphatic heterocycles. The number of carbonyl (C=O) groups excluding carboxylic acids is 1. The molecule has 0 bridgehead atoms. The number of aromatic nitrogens is 2. The molecule has 10 heteroatoms. The first-order valence-electron chi connectivity index (χ1n) is 15.3. The lowest BCUT2D eigenvalue weighted by Gasteiger charge is -2.37. The van der Waals surface area contributed by atoms with Gasteiger partial charge in [-0.25, -0.2) is 4.79 Å². The molecule has 4 aromatic carbocycles. The van der Waals surface area contributed by atoms with Gasteiger partial charge in [-0.1, -0.05) is 79.4 Å². The van der Waals surface area contributed by atoms with Crippen LogP contribution in [0.5, 0.6) is 11.5 Å². The minimum absolute atomic E-state index is 0.0724. The maximum Gasteiger partial charge on any atom is 0.351 e. The monoisotopic (exact) mass is 645 g/mol. The summed E-state index contributed by atoms with van der Waals surface area (Å²) >= 11 is 0. The molecular weight excluding hydrogens is 610 g/mol. The zero-order valence-corrected chi connectivity index (χ0v) is 26.5. The van der Waals surface area contributed by atoms with Gasteiger partial charge in [0.1, 0.15) is 35.1 Å². The molecule has 0 spiro atoms. The van der Waals surface area contributed by atoms with Crippen LogP contribution >= 0.6 is 0 Å². The van der Waals surface area contributed by atoms with Gasteiger partial charge in [0.25, 0.3) is 5.91 Å². The molecule has 0 saturated carbocycles. The van der Waals surface area contributed by atoms with Gasteiger partial charge >= 0.3 is 5.69 Å². The smallest absolute Gasteiger partial charge is 0.351 e. The zero-order chi connectivity index (χ0) is 33.7. The van der Waals surface area contributed by atoms with Crippen LogP contribution in [0.1, 0.15) is 33.3 Å². The highest BCUT2D eigenvalue weighted by molar-refractivity contribution is 6.03. The van der Waals surface area contributed by atoms with Crippen molar-refractivity contribution in [2.24, 2.45) is 0 Å². The Balaban J connectivity index is 1.29. The summed E-state index contributed by atoms with van der Waals surface area (Å²) in [7, 11) is 3.22. The van der Waals surface area contributed by atoms with Crippen molar-refractivity contribution in [3.63, 3.8) is 0 Å². The number of nitrogens with zero attached hydrogens (tertiary/aromatic N) is 2. The maximum atomic E-state index is 13.1. The third-order valence-electron chi connectivity index (χ3n) is 8.35. The highest BCUT2D eigenvalue weighted by Crippen LogP contribution is 2.43. The molecule has 1 aromatic heterocycles. The van der Waals surface area contributed by atoms with Crippen LogP contribution in [0, 0.1) is 0 Å². The van der Waals surface area contributed by atoms with Crippen molar-refractivity contribution in [3.05, 3.63) is 166 Å². The molecule has 0 radical (unpaired) electrons. The van der Waals surface area contributed by atoms with Crippen molar-refractivity contribution in [3.8, 4) is 11.5 Å². The number of ether oxygens (including phenoxy) is 4.